The van der Waals surface area contributed by atoms with Gasteiger partial charge >= 0.3 is 18.4 Å². The Morgan fingerprint density at radius 2 is 1.45 bits per heavy atom. The lowest BCUT2D eigenvalue weighted by Gasteiger charge is -2.43. The van der Waals surface area contributed by atoms with E-state index in [9.17, 15) is 40.7 Å². The highest BCUT2D eigenvalue weighted by Gasteiger charge is 2.54. The molecule has 0 saturated carbocycles. The van der Waals surface area contributed by atoms with Crippen LogP contribution in [0.25, 0.3) is 0 Å². The van der Waals surface area contributed by atoms with Gasteiger partial charge in [0.15, 0.2) is 0 Å². The predicted octanol–water partition coefficient (Wildman–Crippen LogP) is 5.27. The van der Waals surface area contributed by atoms with Gasteiger partial charge in [0.2, 0.25) is 5.91 Å². The molecular weight excluding hydrogens is 568 g/mol. The van der Waals surface area contributed by atoms with E-state index in [4.69, 9.17) is 0 Å². The number of urea groups is 1. The third-order valence-electron chi connectivity index (χ3n) is 7.74. The van der Waals surface area contributed by atoms with Crippen LogP contribution in [-0.4, -0.2) is 77.5 Å². The van der Waals surface area contributed by atoms with E-state index in [1.807, 2.05) is 49.1 Å². The molecule has 228 valence electrons. The Hall–Kier alpha value is -3.97. The number of carbonyl (C=O) groups excluding carboxylic acids is 3. The van der Waals surface area contributed by atoms with E-state index in [0.717, 1.165) is 5.69 Å². The van der Waals surface area contributed by atoms with E-state index in [-0.39, 0.29) is 57.0 Å². The van der Waals surface area contributed by atoms with Crippen LogP contribution in [0, 0.1) is 0 Å². The van der Waals surface area contributed by atoms with Crippen LogP contribution >= 0.6 is 0 Å². The van der Waals surface area contributed by atoms with E-state index < -0.39 is 40.7 Å². The SMILES string of the molecule is CCN(CC)C(=O)CN1CN(c2ccccc2)C2(CCN(C(=O)Nc3cc(C(F)(F)F)cc(C(F)(F)F)c3)CC2)C1=O. The summed E-state index contributed by atoms with van der Waals surface area (Å²) in [6.07, 6.45) is -9.83. The number of halogens is 6. The molecule has 1 N–H and O–H groups in total. The Morgan fingerprint density at radius 3 is 1.95 bits per heavy atom. The van der Waals surface area contributed by atoms with Crippen LogP contribution < -0.4 is 10.2 Å². The minimum atomic E-state index is -5.06. The lowest BCUT2D eigenvalue weighted by molar-refractivity contribution is -0.143. The number of anilines is 2. The number of hydrogen-bond acceptors (Lipinski definition) is 4. The zero-order chi connectivity index (χ0) is 30.9. The topological polar surface area (TPSA) is 76.2 Å². The first kappa shape index (κ1) is 31.0. The highest BCUT2D eigenvalue weighted by molar-refractivity contribution is 5.97. The number of likely N-dealkylation sites (N-methyl/N-ethyl adjacent to an activating group) is 1. The van der Waals surface area contributed by atoms with Gasteiger partial charge in [0.05, 0.1) is 17.8 Å². The molecule has 1 spiro atoms. The molecule has 0 bridgehead atoms. The number of piperidine rings is 1. The minimum absolute atomic E-state index is 0.00380. The molecule has 2 heterocycles. The first-order valence-corrected chi connectivity index (χ1v) is 13.4. The summed E-state index contributed by atoms with van der Waals surface area (Å²) >= 11 is 0. The van der Waals surface area contributed by atoms with E-state index in [1.165, 1.54) is 9.80 Å². The van der Waals surface area contributed by atoms with E-state index in [0.29, 0.717) is 25.2 Å². The molecule has 0 aliphatic carbocycles. The molecule has 0 aromatic heterocycles. The molecule has 0 unspecified atom stereocenters. The number of likely N-dealkylation sites (tertiary alicyclic amines) is 1. The number of amides is 4. The molecule has 14 heteroatoms. The summed E-state index contributed by atoms with van der Waals surface area (Å²) in [4.78, 5) is 45.8. The van der Waals surface area contributed by atoms with Crippen molar-refractivity contribution in [3.05, 3.63) is 59.7 Å². The monoisotopic (exact) mass is 599 g/mol. The molecule has 2 aromatic rings. The quantitative estimate of drug-likeness (QED) is 0.460. The molecule has 42 heavy (non-hydrogen) atoms. The Kier molecular flexibility index (Phi) is 8.65. The van der Waals surface area contributed by atoms with Gasteiger partial charge in [0, 0.05) is 37.6 Å². The number of benzene rings is 2. The van der Waals surface area contributed by atoms with E-state index in [1.54, 1.807) is 4.90 Å². The van der Waals surface area contributed by atoms with Crippen molar-refractivity contribution in [3.63, 3.8) is 0 Å². The van der Waals surface area contributed by atoms with Crippen molar-refractivity contribution in [2.45, 2.75) is 44.6 Å². The summed E-state index contributed by atoms with van der Waals surface area (Å²) in [6, 6.07) is 9.09. The second-order valence-corrected chi connectivity index (χ2v) is 10.2. The van der Waals surface area contributed by atoms with Crippen molar-refractivity contribution in [2.75, 3.05) is 49.6 Å². The average Bonchev–Trinajstić information content (AvgIpc) is 3.19. The Bertz CT molecular complexity index is 1270. The minimum Gasteiger partial charge on any atom is -0.342 e. The zero-order valence-corrected chi connectivity index (χ0v) is 23.1. The van der Waals surface area contributed by atoms with E-state index >= 15 is 0 Å². The van der Waals surface area contributed by atoms with Gasteiger partial charge in [-0.05, 0) is 57.0 Å². The molecule has 0 radical (unpaired) electrons. The molecule has 2 aliphatic heterocycles. The van der Waals surface area contributed by atoms with Crippen molar-refractivity contribution >= 4 is 29.2 Å². The van der Waals surface area contributed by atoms with Crippen molar-refractivity contribution < 1.29 is 40.7 Å². The first-order chi connectivity index (χ1) is 19.7. The molecule has 4 amide bonds. The number of rotatable bonds is 6. The average molecular weight is 600 g/mol. The van der Waals surface area contributed by atoms with Gasteiger partial charge in [-0.2, -0.15) is 26.3 Å². The summed E-state index contributed by atoms with van der Waals surface area (Å²) in [6.45, 7) is 4.70. The van der Waals surface area contributed by atoms with Crippen LogP contribution in [0.15, 0.2) is 48.5 Å². The van der Waals surface area contributed by atoms with Crippen molar-refractivity contribution in [2.24, 2.45) is 0 Å². The van der Waals surface area contributed by atoms with Crippen LogP contribution in [-0.2, 0) is 21.9 Å². The van der Waals surface area contributed by atoms with Crippen LogP contribution in [0.4, 0.5) is 42.5 Å². The molecule has 2 aromatic carbocycles. The third-order valence-corrected chi connectivity index (χ3v) is 7.74. The predicted molar refractivity (Wildman–Crippen MR) is 142 cm³/mol. The number of carbonyl (C=O) groups is 3. The molecule has 4 rings (SSSR count). The largest absolute Gasteiger partial charge is 0.416 e. The highest BCUT2D eigenvalue weighted by atomic mass is 19.4. The number of alkyl halides is 6. The van der Waals surface area contributed by atoms with Crippen LogP contribution in [0.1, 0.15) is 37.8 Å². The summed E-state index contributed by atoms with van der Waals surface area (Å²) in [5.41, 5.74) is -4.07. The van der Waals surface area contributed by atoms with Crippen LogP contribution in [0.3, 0.4) is 0 Å². The highest BCUT2D eigenvalue weighted by Crippen LogP contribution is 2.40. The fourth-order valence-corrected chi connectivity index (χ4v) is 5.47. The standard InChI is InChI=1S/C28H31F6N5O3/c1-3-36(4-2)23(40)17-38-18-39(22-8-6-5-7-9-22)26(24(38)41)10-12-37(13-11-26)25(42)35-21-15-19(27(29,30)31)14-20(16-21)28(32,33)34/h5-9,14-16H,3-4,10-13,17-18H2,1-2H3,(H,35,42). The maximum atomic E-state index is 13.8. The van der Waals surface area contributed by atoms with Crippen LogP contribution in [0.2, 0.25) is 0 Å². The smallest absolute Gasteiger partial charge is 0.342 e. The molecule has 0 atom stereocenters. The van der Waals surface area contributed by atoms with Crippen LogP contribution in [0.5, 0.6) is 0 Å². The maximum Gasteiger partial charge on any atom is 0.416 e. The number of para-hydroxylation sites is 1. The van der Waals surface area contributed by atoms with Crippen molar-refractivity contribution in [1.29, 1.82) is 0 Å². The lowest BCUT2D eigenvalue weighted by Crippen LogP contribution is -2.58. The van der Waals surface area contributed by atoms with Crippen molar-refractivity contribution in [1.82, 2.24) is 14.7 Å². The van der Waals surface area contributed by atoms with Gasteiger partial charge in [0.1, 0.15) is 12.1 Å². The zero-order valence-electron chi connectivity index (χ0n) is 23.1. The Balaban J connectivity index is 1.53. The summed E-state index contributed by atoms with van der Waals surface area (Å²) < 4.78 is 79.5. The molecule has 2 fully saturated rings. The van der Waals surface area contributed by atoms with Gasteiger partial charge < -0.3 is 24.9 Å². The fourth-order valence-electron chi connectivity index (χ4n) is 5.47. The molecule has 8 nitrogen and oxygen atoms in total. The lowest BCUT2D eigenvalue weighted by atomic mass is 9.85. The first-order valence-electron chi connectivity index (χ1n) is 13.4. The fraction of sp³-hybridized carbons (Fsp3) is 0.464. The third kappa shape index (κ3) is 6.26. The van der Waals surface area contributed by atoms with Gasteiger partial charge in [-0.25, -0.2) is 4.79 Å². The number of nitrogens with zero attached hydrogens (tertiary/aromatic N) is 4. The maximum absolute atomic E-state index is 13.8. The van der Waals surface area contributed by atoms with Crippen molar-refractivity contribution in [3.8, 4) is 0 Å². The molecular formula is C28H31F6N5O3. The number of nitrogens with one attached hydrogen (secondary N) is 1. The second kappa shape index (κ2) is 11.7. The Morgan fingerprint density at radius 1 is 0.905 bits per heavy atom. The Labute approximate surface area is 238 Å². The summed E-state index contributed by atoms with van der Waals surface area (Å²) in [5.74, 6) is -0.478. The summed E-state index contributed by atoms with van der Waals surface area (Å²) in [5, 5.41) is 2.16. The molecule has 2 saturated heterocycles. The van der Waals surface area contributed by atoms with Gasteiger partial charge in [-0.3, -0.25) is 9.59 Å². The normalized spacial score (nSPS) is 17.1. The molecule has 2 aliphatic rings. The van der Waals surface area contributed by atoms with Gasteiger partial charge in [-0.1, -0.05) is 18.2 Å². The van der Waals surface area contributed by atoms with Gasteiger partial charge in [0.25, 0.3) is 5.91 Å². The van der Waals surface area contributed by atoms with E-state index in [2.05, 4.69) is 5.32 Å². The summed E-state index contributed by atoms with van der Waals surface area (Å²) in [7, 11) is 0. The van der Waals surface area contributed by atoms with Gasteiger partial charge in [-0.15, -0.1) is 0 Å². The second-order valence-electron chi connectivity index (χ2n) is 10.2. The number of hydrogen-bond donors (Lipinski definition) is 1.